The van der Waals surface area contributed by atoms with E-state index in [2.05, 4.69) is 36.3 Å². The number of rotatable bonds is 6. The number of urea groups is 1. The zero-order valence-corrected chi connectivity index (χ0v) is 15.8. The Labute approximate surface area is 147 Å². The van der Waals surface area contributed by atoms with Gasteiger partial charge in [-0.1, -0.05) is 33.6 Å². The highest BCUT2D eigenvalue weighted by atomic mass is 16.3. The van der Waals surface area contributed by atoms with Crippen LogP contribution in [-0.4, -0.2) is 54.9 Å². The molecule has 1 aliphatic heterocycles. The molecular weight excluding hydrogens is 302 g/mol. The van der Waals surface area contributed by atoms with Gasteiger partial charge < -0.3 is 20.6 Å². The monoisotopic (exact) mass is 339 g/mol. The molecule has 1 saturated carbocycles. The molecule has 0 aromatic carbocycles. The highest BCUT2D eigenvalue weighted by Gasteiger charge is 2.35. The molecular formula is C19H37N3O2. The lowest BCUT2D eigenvalue weighted by molar-refractivity contribution is 0.00306. The first-order valence-corrected chi connectivity index (χ1v) is 9.81. The molecule has 2 aliphatic rings. The Morgan fingerprint density at radius 3 is 2.75 bits per heavy atom. The Hall–Kier alpha value is -0.810. The van der Waals surface area contributed by atoms with Gasteiger partial charge in [-0.3, -0.25) is 0 Å². The maximum atomic E-state index is 12.1. The van der Waals surface area contributed by atoms with Crippen LogP contribution in [0.5, 0.6) is 0 Å². The molecule has 0 spiro atoms. The summed E-state index contributed by atoms with van der Waals surface area (Å²) in [7, 11) is 0. The smallest absolute Gasteiger partial charge is 0.314 e. The van der Waals surface area contributed by atoms with Gasteiger partial charge in [0.2, 0.25) is 0 Å². The number of aliphatic hydroxyl groups is 1. The van der Waals surface area contributed by atoms with Crippen LogP contribution in [0.4, 0.5) is 4.79 Å². The summed E-state index contributed by atoms with van der Waals surface area (Å²) in [5.41, 5.74) is -0.172. The van der Waals surface area contributed by atoms with Crippen molar-refractivity contribution in [1.29, 1.82) is 0 Å². The normalized spacial score (nSPS) is 31.9. The van der Waals surface area contributed by atoms with Gasteiger partial charge in [-0.25, -0.2) is 4.79 Å². The second kappa shape index (κ2) is 9.04. The summed E-state index contributed by atoms with van der Waals surface area (Å²) in [5.74, 6) is 1.25. The molecule has 1 aliphatic carbocycles. The van der Waals surface area contributed by atoms with Crippen LogP contribution in [0, 0.1) is 17.3 Å². The van der Waals surface area contributed by atoms with Crippen LogP contribution in [0.1, 0.15) is 59.3 Å². The van der Waals surface area contributed by atoms with E-state index in [1.807, 2.05) is 0 Å². The van der Waals surface area contributed by atoms with Crippen molar-refractivity contribution in [2.45, 2.75) is 65.4 Å². The van der Waals surface area contributed by atoms with E-state index in [1.165, 1.54) is 19.4 Å². The highest BCUT2D eigenvalue weighted by Crippen LogP contribution is 2.35. The number of aliphatic hydroxyl groups excluding tert-OH is 1. The second-order valence-electron chi connectivity index (χ2n) is 8.64. The molecule has 0 radical (unpaired) electrons. The van der Waals surface area contributed by atoms with Crippen LogP contribution in [0.2, 0.25) is 0 Å². The SMILES string of the molecule is CC(C)CN1CCCC(CNC(=O)NCC2(C)CCCCC2O)C1. The van der Waals surface area contributed by atoms with Crippen LogP contribution in [0.3, 0.4) is 0 Å². The van der Waals surface area contributed by atoms with Crippen molar-refractivity contribution >= 4 is 6.03 Å². The standard InChI is InChI=1S/C19H37N3O2/c1-15(2)12-22-10-6-7-16(13-22)11-20-18(24)21-14-19(3)9-5-4-8-17(19)23/h15-17,23H,4-14H2,1-3H3,(H2,20,21,24). The first-order valence-electron chi connectivity index (χ1n) is 9.81. The Bertz CT molecular complexity index is 402. The molecule has 3 N–H and O–H groups in total. The molecule has 0 bridgehead atoms. The van der Waals surface area contributed by atoms with Gasteiger partial charge in [-0.2, -0.15) is 0 Å². The van der Waals surface area contributed by atoms with E-state index in [0.717, 1.165) is 45.3 Å². The summed E-state index contributed by atoms with van der Waals surface area (Å²) in [5, 5.41) is 16.2. The quantitative estimate of drug-likeness (QED) is 0.697. The van der Waals surface area contributed by atoms with Crippen molar-refractivity contribution in [3.63, 3.8) is 0 Å². The molecule has 3 atom stereocenters. The van der Waals surface area contributed by atoms with E-state index in [1.54, 1.807) is 0 Å². The summed E-state index contributed by atoms with van der Waals surface area (Å²) in [6.07, 6.45) is 6.21. The number of hydrogen-bond acceptors (Lipinski definition) is 3. The molecule has 0 aromatic heterocycles. The number of nitrogens with one attached hydrogen (secondary N) is 2. The maximum Gasteiger partial charge on any atom is 0.314 e. The minimum atomic E-state index is -0.297. The zero-order chi connectivity index (χ0) is 17.6. The van der Waals surface area contributed by atoms with Crippen LogP contribution in [0.25, 0.3) is 0 Å². The van der Waals surface area contributed by atoms with E-state index in [4.69, 9.17) is 0 Å². The molecule has 3 unspecified atom stereocenters. The number of likely N-dealkylation sites (tertiary alicyclic amines) is 1. The van der Waals surface area contributed by atoms with Crippen molar-refractivity contribution in [3.8, 4) is 0 Å². The number of carbonyl (C=O) groups is 1. The first-order chi connectivity index (χ1) is 11.4. The van der Waals surface area contributed by atoms with E-state index in [-0.39, 0.29) is 17.6 Å². The molecule has 2 amide bonds. The average Bonchev–Trinajstić information content (AvgIpc) is 2.54. The third kappa shape index (κ3) is 5.92. The Kier molecular flexibility index (Phi) is 7.35. The van der Waals surface area contributed by atoms with E-state index >= 15 is 0 Å². The highest BCUT2D eigenvalue weighted by molar-refractivity contribution is 5.73. The lowest BCUT2D eigenvalue weighted by atomic mass is 9.73. The van der Waals surface area contributed by atoms with Gasteiger partial charge in [0, 0.05) is 31.6 Å². The van der Waals surface area contributed by atoms with Crippen molar-refractivity contribution in [2.24, 2.45) is 17.3 Å². The Morgan fingerprint density at radius 1 is 1.25 bits per heavy atom. The van der Waals surface area contributed by atoms with Crippen LogP contribution in [-0.2, 0) is 0 Å². The van der Waals surface area contributed by atoms with Crippen LogP contribution >= 0.6 is 0 Å². The summed E-state index contributed by atoms with van der Waals surface area (Å²) in [6, 6.07) is -0.0880. The fourth-order valence-electron chi connectivity index (χ4n) is 4.17. The average molecular weight is 340 g/mol. The van der Waals surface area contributed by atoms with Gasteiger partial charge in [0.15, 0.2) is 0 Å². The van der Waals surface area contributed by atoms with Gasteiger partial charge in [0.1, 0.15) is 0 Å². The largest absolute Gasteiger partial charge is 0.392 e. The molecule has 0 aromatic rings. The predicted octanol–water partition coefficient (Wildman–Crippen LogP) is 2.59. The van der Waals surface area contributed by atoms with Crippen molar-refractivity contribution in [2.75, 3.05) is 32.7 Å². The topological polar surface area (TPSA) is 64.6 Å². The zero-order valence-electron chi connectivity index (χ0n) is 15.8. The second-order valence-corrected chi connectivity index (χ2v) is 8.64. The van der Waals surface area contributed by atoms with E-state index < -0.39 is 0 Å². The lowest BCUT2D eigenvalue weighted by Crippen LogP contribution is -2.49. The fraction of sp³-hybridized carbons (Fsp3) is 0.947. The summed E-state index contributed by atoms with van der Waals surface area (Å²) >= 11 is 0. The summed E-state index contributed by atoms with van der Waals surface area (Å²) in [4.78, 5) is 14.6. The number of hydrogen-bond donors (Lipinski definition) is 3. The van der Waals surface area contributed by atoms with Crippen LogP contribution < -0.4 is 10.6 Å². The number of amides is 2. The van der Waals surface area contributed by atoms with E-state index in [0.29, 0.717) is 18.4 Å². The van der Waals surface area contributed by atoms with Crippen molar-refractivity contribution in [1.82, 2.24) is 15.5 Å². The minimum absolute atomic E-state index is 0.0880. The first kappa shape index (κ1) is 19.5. The Balaban J connectivity index is 1.67. The van der Waals surface area contributed by atoms with Gasteiger partial charge in [-0.15, -0.1) is 0 Å². The van der Waals surface area contributed by atoms with Crippen molar-refractivity contribution < 1.29 is 9.90 Å². The number of piperidine rings is 1. The third-order valence-corrected chi connectivity index (χ3v) is 5.71. The van der Waals surface area contributed by atoms with Gasteiger partial charge in [0.05, 0.1) is 6.10 Å². The fourth-order valence-corrected chi connectivity index (χ4v) is 4.17. The van der Waals surface area contributed by atoms with Crippen molar-refractivity contribution in [3.05, 3.63) is 0 Å². The third-order valence-electron chi connectivity index (χ3n) is 5.71. The molecule has 1 heterocycles. The number of carbonyl (C=O) groups excluding carboxylic acids is 1. The molecule has 1 saturated heterocycles. The predicted molar refractivity (Wildman–Crippen MR) is 98.0 cm³/mol. The molecule has 2 rings (SSSR count). The summed E-state index contributed by atoms with van der Waals surface area (Å²) in [6.45, 7) is 11.3. The van der Waals surface area contributed by atoms with E-state index in [9.17, 15) is 9.90 Å². The molecule has 140 valence electrons. The molecule has 2 fully saturated rings. The summed E-state index contributed by atoms with van der Waals surface area (Å²) < 4.78 is 0. The van der Waals surface area contributed by atoms with Gasteiger partial charge >= 0.3 is 6.03 Å². The van der Waals surface area contributed by atoms with Crippen LogP contribution in [0.15, 0.2) is 0 Å². The lowest BCUT2D eigenvalue weighted by Gasteiger charge is -2.38. The molecule has 5 heteroatoms. The minimum Gasteiger partial charge on any atom is -0.392 e. The molecule has 24 heavy (non-hydrogen) atoms. The Morgan fingerprint density at radius 2 is 2.04 bits per heavy atom. The van der Waals surface area contributed by atoms with Gasteiger partial charge in [-0.05, 0) is 44.1 Å². The van der Waals surface area contributed by atoms with Gasteiger partial charge in [0.25, 0.3) is 0 Å². The maximum absolute atomic E-state index is 12.1. The number of nitrogens with zero attached hydrogens (tertiary/aromatic N) is 1. The molecule has 5 nitrogen and oxygen atoms in total.